The summed E-state index contributed by atoms with van der Waals surface area (Å²) in [5, 5.41) is 3.23. The second kappa shape index (κ2) is 12.6. The summed E-state index contributed by atoms with van der Waals surface area (Å²) in [6.45, 7) is 5.91. The predicted octanol–water partition coefficient (Wildman–Crippen LogP) is 2.96. The molecule has 2 rings (SSSR count). The van der Waals surface area contributed by atoms with Crippen LogP contribution in [0.25, 0.3) is 0 Å². The zero-order valence-corrected chi connectivity index (χ0v) is 17.6. The average molecular weight is 432 g/mol. The first-order valence-corrected chi connectivity index (χ1v) is 10.2. The molecule has 0 atom stereocenters. The largest absolute Gasteiger partial charge is 0.475 e. The van der Waals surface area contributed by atoms with Gasteiger partial charge in [0.15, 0.2) is 5.96 Å². The van der Waals surface area contributed by atoms with Crippen LogP contribution in [0.15, 0.2) is 23.3 Å². The molecule has 0 amide bonds. The highest BCUT2D eigenvalue weighted by Crippen LogP contribution is 2.34. The Hall–Kier alpha value is -2.07. The molecule has 1 aromatic rings. The number of rotatable bonds is 10. The fraction of sp³-hybridized carbons (Fsp3) is 0.700. The smallest absolute Gasteiger partial charge is 0.421 e. The van der Waals surface area contributed by atoms with E-state index in [4.69, 9.17) is 14.2 Å². The van der Waals surface area contributed by atoms with Crippen LogP contribution in [-0.2, 0) is 15.7 Å². The van der Waals surface area contributed by atoms with Gasteiger partial charge in [-0.05, 0) is 38.3 Å². The van der Waals surface area contributed by atoms with Crippen molar-refractivity contribution in [2.75, 3.05) is 53.1 Å². The maximum absolute atomic E-state index is 13.0. The van der Waals surface area contributed by atoms with Gasteiger partial charge in [-0.3, -0.25) is 0 Å². The third kappa shape index (κ3) is 7.98. The predicted molar refractivity (Wildman–Crippen MR) is 108 cm³/mol. The number of guanidine groups is 1. The standard InChI is InChI=1S/C20H31F3N4O3/c1-3-24-19(27-11-7-16(8-12-27)29-14-5-13-28-2)26-10-15-30-18-17(20(21,22)23)6-4-9-25-18/h4,6,9,16H,3,5,7-8,10-15H2,1-2H3,(H,24,26). The van der Waals surface area contributed by atoms with Crippen molar-refractivity contribution in [3.05, 3.63) is 23.9 Å². The fourth-order valence-electron chi connectivity index (χ4n) is 3.13. The van der Waals surface area contributed by atoms with Crippen molar-refractivity contribution in [2.24, 2.45) is 4.99 Å². The van der Waals surface area contributed by atoms with Gasteiger partial charge in [-0.15, -0.1) is 0 Å². The van der Waals surface area contributed by atoms with Gasteiger partial charge in [-0.1, -0.05) is 0 Å². The highest BCUT2D eigenvalue weighted by atomic mass is 19.4. The van der Waals surface area contributed by atoms with Crippen LogP contribution >= 0.6 is 0 Å². The van der Waals surface area contributed by atoms with Gasteiger partial charge < -0.3 is 24.4 Å². The van der Waals surface area contributed by atoms with E-state index < -0.39 is 17.6 Å². The molecule has 0 radical (unpaired) electrons. The summed E-state index contributed by atoms with van der Waals surface area (Å²) in [5.41, 5.74) is -0.881. The van der Waals surface area contributed by atoms with Gasteiger partial charge >= 0.3 is 6.18 Å². The molecule has 0 aromatic carbocycles. The molecule has 1 aliphatic heterocycles. The molecule has 170 valence electrons. The zero-order chi connectivity index (χ0) is 21.8. The molecule has 0 saturated carbocycles. The molecule has 0 spiro atoms. The molecule has 1 aliphatic rings. The summed E-state index contributed by atoms with van der Waals surface area (Å²) in [5.74, 6) is 0.313. The summed E-state index contributed by atoms with van der Waals surface area (Å²) in [7, 11) is 1.68. The van der Waals surface area contributed by atoms with E-state index in [2.05, 4.69) is 20.2 Å². The number of aromatic nitrogens is 1. The number of piperidine rings is 1. The first-order chi connectivity index (χ1) is 14.5. The van der Waals surface area contributed by atoms with Gasteiger partial charge in [0.05, 0.1) is 12.6 Å². The van der Waals surface area contributed by atoms with Crippen LogP contribution in [0, 0.1) is 0 Å². The van der Waals surface area contributed by atoms with Crippen LogP contribution in [0.4, 0.5) is 13.2 Å². The van der Waals surface area contributed by atoms with E-state index in [0.29, 0.717) is 19.8 Å². The average Bonchev–Trinajstić information content (AvgIpc) is 2.73. The highest BCUT2D eigenvalue weighted by molar-refractivity contribution is 5.80. The highest BCUT2D eigenvalue weighted by Gasteiger charge is 2.35. The Balaban J connectivity index is 1.82. The van der Waals surface area contributed by atoms with Crippen molar-refractivity contribution in [3.63, 3.8) is 0 Å². The van der Waals surface area contributed by atoms with Crippen LogP contribution in [-0.4, -0.2) is 75.1 Å². The Morgan fingerprint density at radius 3 is 2.70 bits per heavy atom. The molecule has 30 heavy (non-hydrogen) atoms. The summed E-state index contributed by atoms with van der Waals surface area (Å²) in [6.07, 6.45) is -0.313. The molecule has 10 heteroatoms. The molecular weight excluding hydrogens is 401 g/mol. The number of methoxy groups -OCH3 is 1. The van der Waals surface area contributed by atoms with Gasteiger partial charge in [-0.2, -0.15) is 13.2 Å². The minimum absolute atomic E-state index is 0.00800. The number of nitrogens with one attached hydrogen (secondary N) is 1. The van der Waals surface area contributed by atoms with Crippen LogP contribution in [0.5, 0.6) is 5.88 Å². The first kappa shape index (κ1) is 24.2. The molecule has 1 aromatic heterocycles. The van der Waals surface area contributed by atoms with Crippen molar-refractivity contribution < 1.29 is 27.4 Å². The first-order valence-electron chi connectivity index (χ1n) is 10.2. The molecule has 0 bridgehead atoms. The number of aliphatic imine (C=N–C) groups is 1. The third-order valence-electron chi connectivity index (χ3n) is 4.59. The number of hydrogen-bond donors (Lipinski definition) is 1. The lowest BCUT2D eigenvalue weighted by atomic mass is 10.1. The minimum Gasteiger partial charge on any atom is -0.475 e. The zero-order valence-electron chi connectivity index (χ0n) is 17.6. The minimum atomic E-state index is -4.50. The Kier molecular flexibility index (Phi) is 10.2. The van der Waals surface area contributed by atoms with Gasteiger partial charge in [-0.25, -0.2) is 9.98 Å². The van der Waals surface area contributed by atoms with Crippen molar-refractivity contribution >= 4 is 5.96 Å². The number of ether oxygens (including phenoxy) is 3. The molecule has 1 saturated heterocycles. The van der Waals surface area contributed by atoms with Gasteiger partial charge in [0.1, 0.15) is 12.2 Å². The normalized spacial score (nSPS) is 16.0. The van der Waals surface area contributed by atoms with Crippen molar-refractivity contribution in [3.8, 4) is 5.88 Å². The third-order valence-corrected chi connectivity index (χ3v) is 4.59. The van der Waals surface area contributed by atoms with E-state index in [1.165, 1.54) is 12.3 Å². The molecule has 2 heterocycles. The molecule has 1 fully saturated rings. The van der Waals surface area contributed by atoms with E-state index in [-0.39, 0.29) is 19.3 Å². The van der Waals surface area contributed by atoms with Crippen LogP contribution in [0.2, 0.25) is 0 Å². The lowest BCUT2D eigenvalue weighted by molar-refractivity contribution is -0.139. The van der Waals surface area contributed by atoms with Gasteiger partial charge in [0.2, 0.25) is 5.88 Å². The van der Waals surface area contributed by atoms with E-state index >= 15 is 0 Å². The lowest BCUT2D eigenvalue weighted by Gasteiger charge is -2.34. The summed E-state index contributed by atoms with van der Waals surface area (Å²) in [4.78, 5) is 10.3. The number of nitrogens with zero attached hydrogens (tertiary/aromatic N) is 3. The topological polar surface area (TPSA) is 68.2 Å². The SMILES string of the molecule is CCNC(=NCCOc1ncccc1C(F)(F)F)N1CCC(OCCCOC)CC1. The maximum Gasteiger partial charge on any atom is 0.421 e. The number of halogens is 3. The van der Waals surface area contributed by atoms with Gasteiger partial charge in [0, 0.05) is 46.2 Å². The number of pyridine rings is 1. The quantitative estimate of drug-likeness (QED) is 0.348. The maximum atomic E-state index is 13.0. The summed E-state index contributed by atoms with van der Waals surface area (Å²) in [6, 6.07) is 2.19. The van der Waals surface area contributed by atoms with E-state index in [1.54, 1.807) is 7.11 Å². The van der Waals surface area contributed by atoms with E-state index in [9.17, 15) is 13.2 Å². The Bertz CT molecular complexity index is 650. The Labute approximate surface area is 175 Å². The second-order valence-electron chi connectivity index (χ2n) is 6.84. The second-order valence-corrected chi connectivity index (χ2v) is 6.84. The Morgan fingerprint density at radius 1 is 1.27 bits per heavy atom. The number of alkyl halides is 3. The van der Waals surface area contributed by atoms with Crippen LogP contribution in [0.1, 0.15) is 31.7 Å². The van der Waals surface area contributed by atoms with Crippen LogP contribution in [0.3, 0.4) is 0 Å². The fourth-order valence-corrected chi connectivity index (χ4v) is 3.13. The van der Waals surface area contributed by atoms with Gasteiger partial charge in [0.25, 0.3) is 0 Å². The molecular formula is C20H31F3N4O3. The Morgan fingerprint density at radius 2 is 2.03 bits per heavy atom. The van der Waals surface area contributed by atoms with E-state index in [1.807, 2.05) is 6.92 Å². The summed E-state index contributed by atoms with van der Waals surface area (Å²) >= 11 is 0. The van der Waals surface area contributed by atoms with Crippen LogP contribution < -0.4 is 10.1 Å². The monoisotopic (exact) mass is 432 g/mol. The van der Waals surface area contributed by atoms with Crippen molar-refractivity contribution in [1.82, 2.24) is 15.2 Å². The molecule has 0 unspecified atom stereocenters. The van der Waals surface area contributed by atoms with Crippen molar-refractivity contribution in [1.29, 1.82) is 0 Å². The molecule has 0 aliphatic carbocycles. The van der Waals surface area contributed by atoms with Crippen molar-refractivity contribution in [2.45, 2.75) is 38.5 Å². The molecule has 7 nitrogen and oxygen atoms in total. The van der Waals surface area contributed by atoms with E-state index in [0.717, 1.165) is 44.4 Å². The summed E-state index contributed by atoms with van der Waals surface area (Å²) < 4.78 is 55.1. The lowest BCUT2D eigenvalue weighted by Crippen LogP contribution is -2.47. The number of likely N-dealkylation sites (tertiary alicyclic amines) is 1. The number of hydrogen-bond acceptors (Lipinski definition) is 5. The molecule has 1 N–H and O–H groups in total.